The Morgan fingerprint density at radius 2 is 2.00 bits per heavy atom. The number of carbonyl (C=O) groups is 1. The molecule has 3 rings (SSSR count). The van der Waals surface area contributed by atoms with E-state index in [-0.39, 0.29) is 36.0 Å². The number of β-amino-alcohol motifs (C(OH)–C–C–N with tert-alkyl or cyclic N) is 1. The summed E-state index contributed by atoms with van der Waals surface area (Å²) in [7, 11) is 0. The molecule has 0 unspecified atom stereocenters. The number of hydrogen-bond donors (Lipinski definition) is 2. The summed E-state index contributed by atoms with van der Waals surface area (Å²) in [5.41, 5.74) is 2.31. The molecule has 0 radical (unpaired) electrons. The Hall–Kier alpha value is -1.35. The topological polar surface area (TPSA) is 68.2 Å². The van der Waals surface area contributed by atoms with Crippen LogP contribution in [0.15, 0.2) is 29.3 Å². The van der Waals surface area contributed by atoms with Crippen LogP contribution < -0.4 is 5.32 Å². The van der Waals surface area contributed by atoms with Crippen LogP contribution in [0.2, 0.25) is 0 Å². The fraction of sp³-hybridized carbons (Fsp3) is 0.579. The van der Waals surface area contributed by atoms with Gasteiger partial charge >= 0.3 is 0 Å². The number of nitrogens with zero attached hydrogens (tertiary/aromatic N) is 3. The van der Waals surface area contributed by atoms with E-state index in [9.17, 15) is 9.90 Å². The Bertz CT molecular complexity index is 620. The summed E-state index contributed by atoms with van der Waals surface area (Å²) in [4.78, 5) is 20.5. The van der Waals surface area contributed by atoms with Gasteiger partial charge in [-0.3, -0.25) is 4.79 Å². The lowest BCUT2D eigenvalue weighted by Gasteiger charge is -2.21. The molecule has 1 aromatic carbocycles. The Morgan fingerprint density at radius 3 is 2.58 bits per heavy atom. The second-order valence-electron chi connectivity index (χ2n) is 6.79. The quantitative estimate of drug-likeness (QED) is 0.391. The maximum absolute atomic E-state index is 11.7. The van der Waals surface area contributed by atoms with Crippen LogP contribution in [0.25, 0.3) is 0 Å². The lowest BCUT2D eigenvalue weighted by molar-refractivity contribution is -0.128. The molecule has 0 saturated carbocycles. The number of hydrogen-bond acceptors (Lipinski definition) is 3. The van der Waals surface area contributed by atoms with Gasteiger partial charge in [-0.05, 0) is 30.9 Å². The molecule has 1 amide bonds. The van der Waals surface area contributed by atoms with Crippen molar-refractivity contribution in [2.45, 2.75) is 45.4 Å². The molecule has 0 aromatic heterocycles. The van der Waals surface area contributed by atoms with E-state index < -0.39 is 0 Å². The number of guanidine groups is 1. The van der Waals surface area contributed by atoms with Crippen molar-refractivity contribution in [2.24, 2.45) is 4.99 Å². The predicted octanol–water partition coefficient (Wildman–Crippen LogP) is 1.96. The van der Waals surface area contributed by atoms with Crippen molar-refractivity contribution >= 4 is 35.8 Å². The second kappa shape index (κ2) is 10.1. The maximum atomic E-state index is 11.7. The Morgan fingerprint density at radius 1 is 1.27 bits per heavy atom. The molecule has 0 aliphatic carbocycles. The van der Waals surface area contributed by atoms with Crippen LogP contribution in [0.3, 0.4) is 0 Å². The summed E-state index contributed by atoms with van der Waals surface area (Å²) in [6, 6.07) is 8.34. The summed E-state index contributed by atoms with van der Waals surface area (Å²) in [6.07, 6.45) is 2.21. The van der Waals surface area contributed by atoms with Gasteiger partial charge in [0, 0.05) is 39.1 Å². The van der Waals surface area contributed by atoms with E-state index in [1.54, 1.807) is 0 Å². The SMILES string of the molecule is CCNC(=NCc1ccc(CN2CCCC2=O)cc1)N1CC[C@@H](O)C1.I. The minimum Gasteiger partial charge on any atom is -0.391 e. The summed E-state index contributed by atoms with van der Waals surface area (Å²) in [6.45, 7) is 6.54. The van der Waals surface area contributed by atoms with Gasteiger partial charge in [0.2, 0.25) is 5.91 Å². The molecule has 26 heavy (non-hydrogen) atoms. The van der Waals surface area contributed by atoms with Crippen LogP contribution in [-0.2, 0) is 17.9 Å². The number of carbonyl (C=O) groups excluding carboxylic acids is 1. The molecule has 2 fully saturated rings. The number of amides is 1. The summed E-state index contributed by atoms with van der Waals surface area (Å²) in [5, 5.41) is 13.0. The third-order valence-electron chi connectivity index (χ3n) is 4.78. The number of rotatable bonds is 5. The van der Waals surface area contributed by atoms with Crippen molar-refractivity contribution in [2.75, 3.05) is 26.2 Å². The molecule has 1 atom stereocenters. The van der Waals surface area contributed by atoms with Crippen LogP contribution in [0, 0.1) is 0 Å². The first-order chi connectivity index (χ1) is 12.2. The third-order valence-corrected chi connectivity index (χ3v) is 4.78. The standard InChI is InChI=1S/C19H28N4O2.HI/c1-2-20-19(23-11-9-17(24)14-23)21-12-15-5-7-16(8-6-15)13-22-10-3-4-18(22)25;/h5-8,17,24H,2-4,9-14H2,1H3,(H,20,21);1H/t17-;/m1./s1. The molecule has 2 N–H and O–H groups in total. The van der Waals surface area contributed by atoms with Crippen molar-refractivity contribution in [1.29, 1.82) is 0 Å². The molecule has 2 heterocycles. The normalized spacial score (nSPS) is 20.5. The highest BCUT2D eigenvalue weighted by Gasteiger charge is 2.23. The zero-order chi connectivity index (χ0) is 17.6. The molecule has 6 nitrogen and oxygen atoms in total. The molecular formula is C19H29IN4O2. The van der Waals surface area contributed by atoms with E-state index in [0.29, 0.717) is 26.1 Å². The van der Waals surface area contributed by atoms with Crippen molar-refractivity contribution in [1.82, 2.24) is 15.1 Å². The first-order valence-corrected chi connectivity index (χ1v) is 9.22. The monoisotopic (exact) mass is 472 g/mol. The Labute approximate surface area is 172 Å². The van der Waals surface area contributed by atoms with Crippen molar-refractivity contribution in [3.63, 3.8) is 0 Å². The average Bonchev–Trinajstić information content (AvgIpc) is 3.22. The smallest absolute Gasteiger partial charge is 0.222 e. The lowest BCUT2D eigenvalue weighted by atomic mass is 10.1. The Kier molecular flexibility index (Phi) is 8.15. The van der Waals surface area contributed by atoms with Crippen molar-refractivity contribution in [3.8, 4) is 0 Å². The van der Waals surface area contributed by atoms with Crippen LogP contribution in [0.1, 0.15) is 37.3 Å². The van der Waals surface area contributed by atoms with E-state index in [4.69, 9.17) is 4.99 Å². The zero-order valence-electron chi connectivity index (χ0n) is 15.4. The molecular weight excluding hydrogens is 443 g/mol. The number of aliphatic hydroxyl groups is 1. The fourth-order valence-corrected chi connectivity index (χ4v) is 3.37. The van der Waals surface area contributed by atoms with E-state index in [1.165, 1.54) is 0 Å². The third kappa shape index (κ3) is 5.57. The van der Waals surface area contributed by atoms with Crippen LogP contribution in [-0.4, -0.2) is 59.1 Å². The number of likely N-dealkylation sites (tertiary alicyclic amines) is 2. The minimum atomic E-state index is -0.253. The maximum Gasteiger partial charge on any atom is 0.222 e. The van der Waals surface area contributed by atoms with Crippen LogP contribution in [0.5, 0.6) is 0 Å². The van der Waals surface area contributed by atoms with Crippen LogP contribution in [0.4, 0.5) is 0 Å². The molecule has 2 aliphatic rings. The number of nitrogens with one attached hydrogen (secondary N) is 1. The number of benzene rings is 1. The number of halogens is 1. The zero-order valence-corrected chi connectivity index (χ0v) is 17.7. The van der Waals surface area contributed by atoms with Crippen LogP contribution >= 0.6 is 24.0 Å². The highest BCUT2D eigenvalue weighted by molar-refractivity contribution is 14.0. The van der Waals surface area contributed by atoms with Gasteiger partial charge < -0.3 is 20.2 Å². The average molecular weight is 472 g/mol. The molecule has 1 aromatic rings. The summed E-state index contributed by atoms with van der Waals surface area (Å²) < 4.78 is 0. The molecule has 7 heteroatoms. The first-order valence-electron chi connectivity index (χ1n) is 9.22. The highest BCUT2D eigenvalue weighted by atomic mass is 127. The molecule has 2 aliphatic heterocycles. The largest absolute Gasteiger partial charge is 0.391 e. The predicted molar refractivity (Wildman–Crippen MR) is 114 cm³/mol. The van der Waals surface area contributed by atoms with Gasteiger partial charge in [-0.25, -0.2) is 4.99 Å². The number of aliphatic imine (C=N–C) groups is 1. The van der Waals surface area contributed by atoms with Gasteiger partial charge in [-0.15, -0.1) is 24.0 Å². The van der Waals surface area contributed by atoms with Gasteiger partial charge in [0.25, 0.3) is 0 Å². The second-order valence-corrected chi connectivity index (χ2v) is 6.79. The molecule has 0 spiro atoms. The van der Waals surface area contributed by atoms with Gasteiger partial charge in [0.1, 0.15) is 0 Å². The summed E-state index contributed by atoms with van der Waals surface area (Å²) in [5.74, 6) is 1.13. The molecule has 144 valence electrons. The first kappa shape index (κ1) is 21.0. The number of aliphatic hydroxyl groups excluding tert-OH is 1. The van der Waals surface area contributed by atoms with Gasteiger partial charge in [0.05, 0.1) is 12.6 Å². The molecule has 0 bridgehead atoms. The van der Waals surface area contributed by atoms with Gasteiger partial charge in [-0.1, -0.05) is 24.3 Å². The van der Waals surface area contributed by atoms with Crippen molar-refractivity contribution in [3.05, 3.63) is 35.4 Å². The van der Waals surface area contributed by atoms with Crippen molar-refractivity contribution < 1.29 is 9.90 Å². The van der Waals surface area contributed by atoms with E-state index >= 15 is 0 Å². The van der Waals surface area contributed by atoms with E-state index in [1.807, 2.05) is 4.90 Å². The fourth-order valence-electron chi connectivity index (χ4n) is 3.37. The van der Waals surface area contributed by atoms with E-state index in [0.717, 1.165) is 49.6 Å². The minimum absolute atomic E-state index is 0. The Balaban J connectivity index is 0.00000243. The highest BCUT2D eigenvalue weighted by Crippen LogP contribution is 2.15. The van der Waals surface area contributed by atoms with Gasteiger partial charge in [0.15, 0.2) is 5.96 Å². The van der Waals surface area contributed by atoms with Gasteiger partial charge in [-0.2, -0.15) is 0 Å². The summed E-state index contributed by atoms with van der Waals surface area (Å²) >= 11 is 0. The molecule has 2 saturated heterocycles. The van der Waals surface area contributed by atoms with E-state index in [2.05, 4.69) is 41.4 Å². The lowest BCUT2D eigenvalue weighted by Crippen LogP contribution is -2.40.